The molecule has 2 rings (SSSR count). The van der Waals surface area contributed by atoms with Gasteiger partial charge in [0, 0.05) is 25.0 Å². The molecule has 1 unspecified atom stereocenters. The average molecular weight is 358 g/mol. The van der Waals surface area contributed by atoms with Gasteiger partial charge in [0.05, 0.1) is 17.6 Å². The van der Waals surface area contributed by atoms with E-state index < -0.39 is 0 Å². The zero-order chi connectivity index (χ0) is 16.5. The summed E-state index contributed by atoms with van der Waals surface area (Å²) in [5, 5.41) is 3.35. The highest BCUT2D eigenvalue weighted by Crippen LogP contribution is 2.15. The lowest BCUT2D eigenvalue weighted by Crippen LogP contribution is -2.33. The minimum Gasteiger partial charge on any atom is -0.376 e. The van der Waals surface area contributed by atoms with Gasteiger partial charge in [-0.05, 0) is 25.0 Å². The average Bonchev–Trinajstić information content (AvgIpc) is 3.04. The number of nitrogens with one attached hydrogen (secondary N) is 2. The molecular formula is C15H23N3O3S2. The summed E-state index contributed by atoms with van der Waals surface area (Å²) in [5.41, 5.74) is 0.587. The van der Waals surface area contributed by atoms with Crippen LogP contribution in [0.15, 0.2) is 16.0 Å². The molecular weight excluding hydrogens is 334 g/mol. The van der Waals surface area contributed by atoms with Crippen LogP contribution in [-0.2, 0) is 15.3 Å². The summed E-state index contributed by atoms with van der Waals surface area (Å²) >= 11 is 3.00. The van der Waals surface area contributed by atoms with Gasteiger partial charge in [-0.15, -0.1) is 0 Å². The fourth-order valence-electron chi connectivity index (χ4n) is 2.16. The number of carbonyl (C=O) groups is 1. The summed E-state index contributed by atoms with van der Waals surface area (Å²) in [7, 11) is 0. The molecule has 1 aliphatic rings. The number of nitrogens with zero attached hydrogens (tertiary/aromatic N) is 1. The maximum atomic E-state index is 11.8. The van der Waals surface area contributed by atoms with Gasteiger partial charge in [0.15, 0.2) is 5.16 Å². The van der Waals surface area contributed by atoms with Crippen molar-refractivity contribution in [1.29, 1.82) is 0 Å². The Kier molecular flexibility index (Phi) is 7.98. The second kappa shape index (κ2) is 10.00. The Morgan fingerprint density at radius 3 is 3.17 bits per heavy atom. The monoisotopic (exact) mass is 357 g/mol. The molecule has 0 bridgehead atoms. The zero-order valence-electron chi connectivity index (χ0n) is 13.3. The third-order valence-corrected chi connectivity index (χ3v) is 5.33. The molecule has 8 heteroatoms. The van der Waals surface area contributed by atoms with E-state index in [9.17, 15) is 9.59 Å². The van der Waals surface area contributed by atoms with Crippen LogP contribution in [0, 0.1) is 0 Å². The van der Waals surface area contributed by atoms with Crippen molar-refractivity contribution in [3.63, 3.8) is 0 Å². The number of thioether (sulfide) groups is 2. The van der Waals surface area contributed by atoms with E-state index >= 15 is 0 Å². The highest BCUT2D eigenvalue weighted by molar-refractivity contribution is 7.99. The minimum atomic E-state index is -0.172. The molecule has 2 heterocycles. The van der Waals surface area contributed by atoms with E-state index in [2.05, 4.69) is 22.2 Å². The fourth-order valence-corrected chi connectivity index (χ4v) is 3.68. The van der Waals surface area contributed by atoms with Crippen LogP contribution in [-0.4, -0.2) is 46.6 Å². The van der Waals surface area contributed by atoms with Gasteiger partial charge in [-0.2, -0.15) is 11.8 Å². The van der Waals surface area contributed by atoms with Crippen molar-refractivity contribution in [2.24, 2.45) is 0 Å². The lowest BCUT2D eigenvalue weighted by Gasteiger charge is -2.10. The number of aromatic amines is 1. The SMILES string of the molecule is CCCSCc1cc(=O)[nH]c(SCC(=O)NCC2CCCO2)n1. The predicted octanol–water partition coefficient (Wildman–Crippen LogP) is 1.80. The lowest BCUT2D eigenvalue weighted by molar-refractivity contribution is -0.119. The third kappa shape index (κ3) is 6.97. The van der Waals surface area contributed by atoms with Crippen LogP contribution >= 0.6 is 23.5 Å². The third-order valence-electron chi connectivity index (χ3n) is 3.26. The molecule has 0 aliphatic carbocycles. The second-order valence-electron chi connectivity index (χ2n) is 5.32. The van der Waals surface area contributed by atoms with Gasteiger partial charge in [0.2, 0.25) is 5.91 Å². The summed E-state index contributed by atoms with van der Waals surface area (Å²) in [6.07, 6.45) is 3.30. The molecule has 2 N–H and O–H groups in total. The number of amides is 1. The number of H-pyrrole nitrogens is 1. The van der Waals surface area contributed by atoms with Crippen molar-refractivity contribution >= 4 is 29.4 Å². The van der Waals surface area contributed by atoms with Gasteiger partial charge in [0.25, 0.3) is 5.56 Å². The topological polar surface area (TPSA) is 84.1 Å². The quantitative estimate of drug-likeness (QED) is 0.398. The highest BCUT2D eigenvalue weighted by Gasteiger charge is 2.16. The molecule has 0 spiro atoms. The van der Waals surface area contributed by atoms with Crippen molar-refractivity contribution in [2.45, 2.75) is 43.2 Å². The summed E-state index contributed by atoms with van der Waals surface area (Å²) in [4.78, 5) is 30.6. The van der Waals surface area contributed by atoms with E-state index in [1.807, 2.05) is 0 Å². The van der Waals surface area contributed by atoms with E-state index in [-0.39, 0.29) is 23.3 Å². The molecule has 0 aromatic carbocycles. The lowest BCUT2D eigenvalue weighted by atomic mass is 10.2. The Labute approximate surface area is 144 Å². The summed E-state index contributed by atoms with van der Waals surface area (Å²) in [6.45, 7) is 3.45. The van der Waals surface area contributed by atoms with E-state index in [1.165, 1.54) is 17.8 Å². The maximum Gasteiger partial charge on any atom is 0.251 e. The van der Waals surface area contributed by atoms with Crippen LogP contribution in [0.2, 0.25) is 0 Å². The predicted molar refractivity (Wildman–Crippen MR) is 94.0 cm³/mol. The summed E-state index contributed by atoms with van der Waals surface area (Å²) in [5.74, 6) is 1.93. The molecule has 23 heavy (non-hydrogen) atoms. The fraction of sp³-hybridized carbons (Fsp3) is 0.667. The van der Waals surface area contributed by atoms with Crippen LogP contribution in [0.3, 0.4) is 0 Å². The van der Waals surface area contributed by atoms with Crippen molar-refractivity contribution in [3.8, 4) is 0 Å². The molecule has 1 saturated heterocycles. The number of rotatable bonds is 9. The number of hydrogen-bond acceptors (Lipinski definition) is 6. The Morgan fingerprint density at radius 2 is 2.43 bits per heavy atom. The van der Waals surface area contributed by atoms with Crippen LogP contribution in [0.1, 0.15) is 31.9 Å². The summed E-state index contributed by atoms with van der Waals surface area (Å²) in [6, 6.07) is 1.52. The number of carbonyl (C=O) groups excluding carboxylic acids is 1. The first-order valence-electron chi connectivity index (χ1n) is 7.86. The Balaban J connectivity index is 1.77. The molecule has 1 atom stereocenters. The largest absolute Gasteiger partial charge is 0.376 e. The Bertz CT molecular complexity index is 559. The molecule has 1 aromatic rings. The maximum absolute atomic E-state index is 11.8. The molecule has 128 valence electrons. The van der Waals surface area contributed by atoms with Gasteiger partial charge in [-0.1, -0.05) is 18.7 Å². The van der Waals surface area contributed by atoms with E-state index in [4.69, 9.17) is 4.74 Å². The van der Waals surface area contributed by atoms with Crippen LogP contribution in [0.5, 0.6) is 0 Å². The molecule has 6 nitrogen and oxygen atoms in total. The molecule has 1 fully saturated rings. The van der Waals surface area contributed by atoms with Gasteiger partial charge in [0.1, 0.15) is 0 Å². The highest BCUT2D eigenvalue weighted by atomic mass is 32.2. The smallest absolute Gasteiger partial charge is 0.251 e. The first-order valence-corrected chi connectivity index (χ1v) is 10.0. The molecule has 0 radical (unpaired) electrons. The second-order valence-corrected chi connectivity index (χ2v) is 7.39. The van der Waals surface area contributed by atoms with Crippen molar-refractivity contribution < 1.29 is 9.53 Å². The van der Waals surface area contributed by atoms with Gasteiger partial charge in [-0.25, -0.2) is 4.98 Å². The summed E-state index contributed by atoms with van der Waals surface area (Å²) < 4.78 is 5.46. The van der Waals surface area contributed by atoms with Crippen LogP contribution in [0.4, 0.5) is 0 Å². The van der Waals surface area contributed by atoms with E-state index in [1.54, 1.807) is 11.8 Å². The van der Waals surface area contributed by atoms with Crippen molar-refractivity contribution in [1.82, 2.24) is 15.3 Å². The molecule has 1 aromatic heterocycles. The van der Waals surface area contributed by atoms with Gasteiger partial charge in [-0.3, -0.25) is 9.59 Å². The number of ether oxygens (including phenoxy) is 1. The number of hydrogen-bond donors (Lipinski definition) is 2. The van der Waals surface area contributed by atoms with Crippen LogP contribution in [0.25, 0.3) is 0 Å². The van der Waals surface area contributed by atoms with Gasteiger partial charge >= 0.3 is 0 Å². The minimum absolute atomic E-state index is 0.0705. The first kappa shape index (κ1) is 18.4. The molecule has 0 saturated carbocycles. The molecule has 1 amide bonds. The van der Waals surface area contributed by atoms with Crippen molar-refractivity contribution in [3.05, 3.63) is 22.1 Å². The van der Waals surface area contributed by atoms with E-state index in [0.717, 1.165) is 43.1 Å². The zero-order valence-corrected chi connectivity index (χ0v) is 14.9. The normalized spacial score (nSPS) is 17.3. The molecule has 1 aliphatic heterocycles. The van der Waals surface area contributed by atoms with Crippen molar-refractivity contribution in [2.75, 3.05) is 24.7 Å². The van der Waals surface area contributed by atoms with Crippen LogP contribution < -0.4 is 10.9 Å². The Hall–Kier alpha value is -0.990. The van der Waals surface area contributed by atoms with Gasteiger partial charge < -0.3 is 15.0 Å². The number of aromatic nitrogens is 2. The standard InChI is InChI=1S/C15H23N3O3S2/c1-2-6-22-9-11-7-13(19)18-15(17-11)23-10-14(20)16-8-12-4-3-5-21-12/h7,12H,2-6,8-10H2,1H3,(H,16,20)(H,17,18,19). The Morgan fingerprint density at radius 1 is 1.57 bits per heavy atom. The first-order chi connectivity index (χ1) is 11.2. The van der Waals surface area contributed by atoms with E-state index in [0.29, 0.717) is 11.7 Å².